The first-order valence-corrected chi connectivity index (χ1v) is 9.23. The summed E-state index contributed by atoms with van der Waals surface area (Å²) >= 11 is 1.08. The van der Waals surface area contributed by atoms with Crippen LogP contribution in [0.5, 0.6) is 0 Å². The van der Waals surface area contributed by atoms with Gasteiger partial charge in [-0.2, -0.15) is 0 Å². The molecule has 1 unspecified atom stereocenters. The minimum Gasteiger partial charge on any atom is -0.302 e. The molecule has 3 aromatic rings. The van der Waals surface area contributed by atoms with Crippen LogP contribution >= 0.6 is 11.3 Å². The Balaban J connectivity index is 1.40. The second kappa shape index (κ2) is 7.09. The number of carbonyl (C=O) groups is 1. The molecule has 1 amide bonds. The zero-order valence-electron chi connectivity index (χ0n) is 13.9. The number of hydrogen-bond donors (Lipinski definition) is 1. The molecule has 0 saturated carbocycles. The fourth-order valence-corrected chi connectivity index (χ4v) is 4.16. The van der Waals surface area contributed by atoms with Crippen molar-refractivity contribution in [2.45, 2.75) is 13.0 Å². The molecule has 1 aliphatic rings. The molecule has 1 N–H and O–H groups in total. The molecule has 1 aliphatic heterocycles. The number of benzene rings is 2. The number of anilines is 1. The highest BCUT2D eigenvalue weighted by Gasteiger charge is 2.28. The highest BCUT2D eigenvalue weighted by atomic mass is 32.1. The van der Waals surface area contributed by atoms with Crippen molar-refractivity contribution < 1.29 is 13.6 Å². The summed E-state index contributed by atoms with van der Waals surface area (Å²) in [5, 5.41) is 3.06. The van der Waals surface area contributed by atoms with Crippen LogP contribution in [-0.4, -0.2) is 28.9 Å². The van der Waals surface area contributed by atoms with Crippen LogP contribution in [0.15, 0.2) is 42.5 Å². The van der Waals surface area contributed by atoms with E-state index < -0.39 is 11.6 Å². The SMILES string of the molecule is O=C(Nc1nc2c(F)cc(F)cc2s1)C1CCN(Cc2ccccc2)C1. The molecular weight excluding hydrogens is 356 g/mol. The maximum atomic E-state index is 13.7. The van der Waals surface area contributed by atoms with E-state index in [-0.39, 0.29) is 17.3 Å². The molecule has 0 aliphatic carbocycles. The Morgan fingerprint density at radius 2 is 2.08 bits per heavy atom. The summed E-state index contributed by atoms with van der Waals surface area (Å²) in [7, 11) is 0. The smallest absolute Gasteiger partial charge is 0.230 e. The van der Waals surface area contributed by atoms with Gasteiger partial charge in [0, 0.05) is 19.2 Å². The lowest BCUT2D eigenvalue weighted by Crippen LogP contribution is -2.26. The number of thiazole rings is 1. The van der Waals surface area contributed by atoms with Crippen LogP contribution in [0.1, 0.15) is 12.0 Å². The Morgan fingerprint density at radius 1 is 1.27 bits per heavy atom. The van der Waals surface area contributed by atoms with E-state index in [1.165, 1.54) is 11.6 Å². The van der Waals surface area contributed by atoms with Crippen molar-refractivity contribution in [2.75, 3.05) is 18.4 Å². The fraction of sp³-hybridized carbons (Fsp3) is 0.263. The van der Waals surface area contributed by atoms with Crippen molar-refractivity contribution in [3.05, 3.63) is 59.7 Å². The number of carbonyl (C=O) groups excluding carboxylic acids is 1. The molecule has 0 bridgehead atoms. The van der Waals surface area contributed by atoms with E-state index in [0.717, 1.165) is 36.9 Å². The highest BCUT2D eigenvalue weighted by Crippen LogP contribution is 2.29. The average Bonchev–Trinajstić information content (AvgIpc) is 3.22. The molecule has 26 heavy (non-hydrogen) atoms. The zero-order valence-corrected chi connectivity index (χ0v) is 14.7. The molecule has 2 heterocycles. The van der Waals surface area contributed by atoms with Gasteiger partial charge in [-0.1, -0.05) is 41.7 Å². The van der Waals surface area contributed by atoms with Gasteiger partial charge in [-0.15, -0.1) is 0 Å². The van der Waals surface area contributed by atoms with Gasteiger partial charge >= 0.3 is 0 Å². The van der Waals surface area contributed by atoms with Crippen molar-refractivity contribution in [3.8, 4) is 0 Å². The molecule has 1 atom stereocenters. The first-order chi connectivity index (χ1) is 12.6. The first-order valence-electron chi connectivity index (χ1n) is 8.41. The van der Waals surface area contributed by atoms with Crippen LogP contribution < -0.4 is 5.32 Å². The summed E-state index contributed by atoms with van der Waals surface area (Å²) in [6, 6.07) is 12.2. The minimum atomic E-state index is -0.716. The normalized spacial score (nSPS) is 17.7. The van der Waals surface area contributed by atoms with E-state index in [9.17, 15) is 13.6 Å². The number of amides is 1. The number of fused-ring (bicyclic) bond motifs is 1. The standard InChI is InChI=1S/C19H17F2N3OS/c20-14-8-15(21)17-16(9-14)26-19(22-17)23-18(25)13-6-7-24(11-13)10-12-4-2-1-3-5-12/h1-5,8-9,13H,6-7,10-11H2,(H,22,23,25). The maximum Gasteiger partial charge on any atom is 0.230 e. The molecular formula is C19H17F2N3OS. The van der Waals surface area contributed by atoms with Crippen LogP contribution in [0.3, 0.4) is 0 Å². The van der Waals surface area contributed by atoms with Crippen molar-refractivity contribution in [3.63, 3.8) is 0 Å². The van der Waals surface area contributed by atoms with Gasteiger partial charge < -0.3 is 5.32 Å². The average molecular weight is 373 g/mol. The summed E-state index contributed by atoms with van der Waals surface area (Å²) in [5.41, 5.74) is 1.31. The Labute approximate surface area is 153 Å². The van der Waals surface area contributed by atoms with Crippen molar-refractivity contribution >= 4 is 32.6 Å². The van der Waals surface area contributed by atoms with E-state index in [2.05, 4.69) is 27.3 Å². The van der Waals surface area contributed by atoms with E-state index in [1.54, 1.807) is 0 Å². The quantitative estimate of drug-likeness (QED) is 0.751. The molecule has 4 nitrogen and oxygen atoms in total. The van der Waals surface area contributed by atoms with Crippen LogP contribution in [0, 0.1) is 17.6 Å². The molecule has 0 spiro atoms. The van der Waals surface area contributed by atoms with Gasteiger partial charge in [0.15, 0.2) is 10.9 Å². The van der Waals surface area contributed by atoms with E-state index in [4.69, 9.17) is 0 Å². The predicted molar refractivity (Wildman–Crippen MR) is 98.0 cm³/mol. The van der Waals surface area contributed by atoms with Gasteiger partial charge in [0.25, 0.3) is 0 Å². The van der Waals surface area contributed by atoms with Gasteiger partial charge in [0.2, 0.25) is 5.91 Å². The Hall–Kier alpha value is -2.38. The predicted octanol–water partition coefficient (Wildman–Crippen LogP) is 4.04. The van der Waals surface area contributed by atoms with Crippen molar-refractivity contribution in [1.82, 2.24) is 9.88 Å². The van der Waals surface area contributed by atoms with Gasteiger partial charge in [-0.3, -0.25) is 9.69 Å². The first kappa shape index (κ1) is 17.1. The maximum absolute atomic E-state index is 13.7. The third kappa shape index (κ3) is 3.59. The van der Waals surface area contributed by atoms with Crippen LogP contribution in [0.4, 0.5) is 13.9 Å². The third-order valence-corrected chi connectivity index (χ3v) is 5.45. The zero-order chi connectivity index (χ0) is 18.1. The lowest BCUT2D eigenvalue weighted by molar-refractivity contribution is -0.119. The second-order valence-electron chi connectivity index (χ2n) is 6.45. The van der Waals surface area contributed by atoms with Crippen molar-refractivity contribution in [2.24, 2.45) is 5.92 Å². The van der Waals surface area contributed by atoms with Gasteiger partial charge in [-0.05, 0) is 24.6 Å². The fourth-order valence-electron chi connectivity index (χ4n) is 3.25. The van der Waals surface area contributed by atoms with Crippen molar-refractivity contribution in [1.29, 1.82) is 0 Å². The van der Waals surface area contributed by atoms with Gasteiger partial charge in [0.05, 0.1) is 10.6 Å². The van der Waals surface area contributed by atoms with Crippen LogP contribution in [0.25, 0.3) is 10.2 Å². The summed E-state index contributed by atoms with van der Waals surface area (Å²) in [4.78, 5) is 18.8. The molecule has 134 valence electrons. The Bertz CT molecular complexity index is 945. The van der Waals surface area contributed by atoms with Gasteiger partial charge in [-0.25, -0.2) is 13.8 Å². The van der Waals surface area contributed by atoms with E-state index >= 15 is 0 Å². The lowest BCUT2D eigenvalue weighted by atomic mass is 10.1. The number of nitrogens with zero attached hydrogens (tertiary/aromatic N) is 2. The summed E-state index contributed by atoms with van der Waals surface area (Å²) in [5.74, 6) is -1.62. The minimum absolute atomic E-state index is 0.0869. The number of rotatable bonds is 4. The van der Waals surface area contributed by atoms with E-state index in [1.807, 2.05) is 18.2 Å². The number of likely N-dealkylation sites (tertiary alicyclic amines) is 1. The molecule has 0 radical (unpaired) electrons. The number of halogens is 2. The Morgan fingerprint density at radius 3 is 2.88 bits per heavy atom. The largest absolute Gasteiger partial charge is 0.302 e. The second-order valence-corrected chi connectivity index (χ2v) is 7.48. The van der Waals surface area contributed by atoms with Crippen LogP contribution in [-0.2, 0) is 11.3 Å². The van der Waals surface area contributed by atoms with Gasteiger partial charge in [0.1, 0.15) is 11.3 Å². The third-order valence-electron chi connectivity index (χ3n) is 4.54. The summed E-state index contributed by atoms with van der Waals surface area (Å²) in [6.07, 6.45) is 0.770. The van der Waals surface area contributed by atoms with Crippen LogP contribution in [0.2, 0.25) is 0 Å². The van der Waals surface area contributed by atoms with E-state index in [0.29, 0.717) is 16.4 Å². The topological polar surface area (TPSA) is 45.2 Å². The Kier molecular flexibility index (Phi) is 4.65. The molecule has 4 rings (SSSR count). The number of aromatic nitrogens is 1. The molecule has 1 saturated heterocycles. The monoisotopic (exact) mass is 373 g/mol. The molecule has 2 aromatic carbocycles. The summed E-state index contributed by atoms with van der Waals surface area (Å²) < 4.78 is 27.4. The number of nitrogens with one attached hydrogen (secondary N) is 1. The highest BCUT2D eigenvalue weighted by molar-refractivity contribution is 7.22. The molecule has 1 aromatic heterocycles. The lowest BCUT2D eigenvalue weighted by Gasteiger charge is -2.15. The molecule has 7 heteroatoms. The summed E-state index contributed by atoms with van der Waals surface area (Å²) in [6.45, 7) is 2.34. The number of hydrogen-bond acceptors (Lipinski definition) is 4. The molecule has 1 fully saturated rings.